The monoisotopic (exact) mass is 484 g/mol. The summed E-state index contributed by atoms with van der Waals surface area (Å²) in [6.45, 7) is 14.7. The van der Waals surface area contributed by atoms with Gasteiger partial charge < -0.3 is 15.5 Å². The number of nitrogens with one attached hydrogen (secondary N) is 3. The second-order valence-electron chi connectivity index (χ2n) is 12.1. The lowest BCUT2D eigenvalue weighted by Gasteiger charge is -2.51. The summed E-state index contributed by atoms with van der Waals surface area (Å²) in [5.41, 5.74) is 0.602. The molecule has 0 aromatic carbocycles. The lowest BCUT2D eigenvalue weighted by Crippen LogP contribution is -2.74. The van der Waals surface area contributed by atoms with Gasteiger partial charge >= 0.3 is 0 Å². The number of hydrogen-bond donors (Lipinski definition) is 3. The van der Waals surface area contributed by atoms with E-state index < -0.39 is 11.7 Å². The first-order valence-corrected chi connectivity index (χ1v) is 12.7. The molecule has 1 saturated carbocycles. The van der Waals surface area contributed by atoms with Gasteiger partial charge in [0.15, 0.2) is 5.65 Å². The highest BCUT2D eigenvalue weighted by Gasteiger charge is 2.50. The van der Waals surface area contributed by atoms with Crippen LogP contribution < -0.4 is 16.0 Å². The molecule has 0 bridgehead atoms. The maximum atomic E-state index is 13.7. The Labute approximate surface area is 207 Å². The van der Waals surface area contributed by atoms with E-state index in [1.165, 1.54) is 6.33 Å². The van der Waals surface area contributed by atoms with Gasteiger partial charge in [0.25, 0.3) is 0 Å². The Morgan fingerprint density at radius 3 is 2.51 bits per heavy atom. The van der Waals surface area contributed by atoms with Gasteiger partial charge in [-0.1, -0.05) is 27.2 Å². The maximum absolute atomic E-state index is 13.7. The molecule has 10 heteroatoms. The van der Waals surface area contributed by atoms with Gasteiger partial charge in [-0.25, -0.2) is 9.97 Å². The number of carbonyl (C=O) groups excluding carboxylic acids is 2. The predicted octanol–water partition coefficient (Wildman–Crippen LogP) is 2.60. The number of amides is 2. The molecule has 1 aliphatic heterocycles. The molecule has 35 heavy (non-hydrogen) atoms. The van der Waals surface area contributed by atoms with Crippen LogP contribution in [0.25, 0.3) is 5.65 Å². The van der Waals surface area contributed by atoms with Crippen molar-refractivity contribution in [2.75, 3.05) is 11.9 Å². The van der Waals surface area contributed by atoms with Crippen LogP contribution in [0.5, 0.6) is 0 Å². The number of carbonyl (C=O) groups is 2. The van der Waals surface area contributed by atoms with E-state index in [2.05, 4.69) is 67.5 Å². The molecular weight excluding hydrogens is 444 g/mol. The quantitative estimate of drug-likeness (QED) is 0.559. The number of rotatable bonds is 5. The average molecular weight is 485 g/mol. The molecule has 2 aliphatic rings. The molecule has 4 rings (SSSR count). The SMILES string of the molecule is CC(=O)NC1(NC(C)(C)C)CCCCC1N1CC[C@H](Nc2ncnc3cc(C(C)(C)C)nn23)C1=O. The molecule has 3 N–H and O–H groups in total. The lowest BCUT2D eigenvalue weighted by atomic mass is 9.81. The van der Waals surface area contributed by atoms with Crippen LogP contribution in [0.1, 0.15) is 86.3 Å². The number of fused-ring (bicyclic) bond motifs is 1. The molecule has 3 atom stereocenters. The summed E-state index contributed by atoms with van der Waals surface area (Å²) in [5.74, 6) is 0.444. The molecule has 2 amide bonds. The lowest BCUT2D eigenvalue weighted by molar-refractivity contribution is -0.136. The summed E-state index contributed by atoms with van der Waals surface area (Å²) in [6, 6.07) is 1.42. The van der Waals surface area contributed by atoms with Crippen LogP contribution in [0.15, 0.2) is 12.4 Å². The van der Waals surface area contributed by atoms with Crippen molar-refractivity contribution in [1.82, 2.24) is 35.1 Å². The van der Waals surface area contributed by atoms with E-state index in [0.717, 1.165) is 31.4 Å². The number of nitrogens with zero attached hydrogens (tertiary/aromatic N) is 5. The van der Waals surface area contributed by atoms with Crippen molar-refractivity contribution >= 4 is 23.4 Å². The molecule has 1 saturated heterocycles. The van der Waals surface area contributed by atoms with Gasteiger partial charge in [-0.3, -0.25) is 14.9 Å². The fraction of sp³-hybridized carbons (Fsp3) is 0.720. The van der Waals surface area contributed by atoms with Crippen LogP contribution in [0.4, 0.5) is 5.95 Å². The molecule has 0 spiro atoms. The smallest absolute Gasteiger partial charge is 0.245 e. The van der Waals surface area contributed by atoms with Crippen molar-refractivity contribution in [2.24, 2.45) is 0 Å². The highest BCUT2D eigenvalue weighted by Crippen LogP contribution is 2.35. The van der Waals surface area contributed by atoms with Gasteiger partial charge in [-0.05, 0) is 46.5 Å². The molecule has 1 aliphatic carbocycles. The van der Waals surface area contributed by atoms with Crippen molar-refractivity contribution in [3.05, 3.63) is 18.1 Å². The molecule has 2 fully saturated rings. The van der Waals surface area contributed by atoms with Crippen LogP contribution in [-0.4, -0.2) is 66.1 Å². The molecular formula is C25H40N8O2. The van der Waals surface area contributed by atoms with Crippen LogP contribution in [0.2, 0.25) is 0 Å². The van der Waals surface area contributed by atoms with Gasteiger partial charge in [-0.15, -0.1) is 0 Å². The highest BCUT2D eigenvalue weighted by molar-refractivity contribution is 5.87. The fourth-order valence-electron chi connectivity index (χ4n) is 5.47. The standard InChI is InChI=1S/C25H40N8O2/c1-16(34)29-25(31-24(5,6)7)12-9-8-10-19(25)32-13-11-17(21(32)35)28-22-27-15-26-20-14-18(23(2,3)4)30-33(20)22/h14-15,17,19,31H,8-13H2,1-7H3,(H,29,34)(H,26,27,28)/t17-,19?,25?/m0/s1. The maximum Gasteiger partial charge on any atom is 0.245 e. The Balaban J connectivity index is 1.59. The van der Waals surface area contributed by atoms with E-state index in [0.29, 0.717) is 24.6 Å². The van der Waals surface area contributed by atoms with Crippen LogP contribution in [0.3, 0.4) is 0 Å². The summed E-state index contributed by atoms with van der Waals surface area (Å²) < 4.78 is 1.68. The summed E-state index contributed by atoms with van der Waals surface area (Å²) in [7, 11) is 0. The van der Waals surface area contributed by atoms with E-state index in [-0.39, 0.29) is 28.8 Å². The molecule has 10 nitrogen and oxygen atoms in total. The summed E-state index contributed by atoms with van der Waals surface area (Å²) in [5, 5.41) is 14.9. The number of aromatic nitrogens is 4. The second kappa shape index (κ2) is 9.04. The van der Waals surface area contributed by atoms with Gasteiger partial charge in [0.05, 0.1) is 11.7 Å². The second-order valence-corrected chi connectivity index (χ2v) is 12.1. The van der Waals surface area contributed by atoms with E-state index in [9.17, 15) is 9.59 Å². The summed E-state index contributed by atoms with van der Waals surface area (Å²) in [6.07, 6.45) is 5.80. The first kappa shape index (κ1) is 25.3. The van der Waals surface area contributed by atoms with Crippen LogP contribution in [0, 0.1) is 0 Å². The zero-order valence-electron chi connectivity index (χ0n) is 22.1. The van der Waals surface area contributed by atoms with Crippen molar-refractivity contribution in [3.8, 4) is 0 Å². The third-order valence-corrected chi connectivity index (χ3v) is 6.81. The van der Waals surface area contributed by atoms with Crippen molar-refractivity contribution in [3.63, 3.8) is 0 Å². The average Bonchev–Trinajstić information content (AvgIpc) is 3.31. The summed E-state index contributed by atoms with van der Waals surface area (Å²) in [4.78, 5) is 36.6. The highest BCUT2D eigenvalue weighted by atomic mass is 16.2. The van der Waals surface area contributed by atoms with Crippen LogP contribution in [-0.2, 0) is 15.0 Å². The third kappa shape index (κ3) is 5.27. The number of anilines is 1. The van der Waals surface area contributed by atoms with Gasteiger partial charge in [0, 0.05) is 30.5 Å². The minimum Gasteiger partial charge on any atom is -0.342 e. The molecule has 0 radical (unpaired) electrons. The molecule has 2 unspecified atom stereocenters. The van der Waals surface area contributed by atoms with Crippen LogP contribution >= 0.6 is 0 Å². The zero-order chi connectivity index (χ0) is 25.6. The van der Waals surface area contributed by atoms with Gasteiger partial charge in [-0.2, -0.15) is 9.61 Å². The first-order chi connectivity index (χ1) is 16.3. The van der Waals surface area contributed by atoms with E-state index in [1.54, 1.807) is 11.4 Å². The first-order valence-electron chi connectivity index (χ1n) is 12.7. The Morgan fingerprint density at radius 2 is 1.86 bits per heavy atom. The Hall–Kier alpha value is -2.75. The third-order valence-electron chi connectivity index (χ3n) is 6.81. The van der Waals surface area contributed by atoms with Gasteiger partial charge in [0.2, 0.25) is 17.8 Å². The predicted molar refractivity (Wildman–Crippen MR) is 135 cm³/mol. The molecule has 3 heterocycles. The largest absolute Gasteiger partial charge is 0.342 e. The Bertz CT molecular complexity index is 1100. The van der Waals surface area contributed by atoms with E-state index >= 15 is 0 Å². The minimum atomic E-state index is -0.654. The molecule has 2 aromatic heterocycles. The van der Waals surface area contributed by atoms with Crippen molar-refractivity contribution in [1.29, 1.82) is 0 Å². The fourth-order valence-corrected chi connectivity index (χ4v) is 5.47. The van der Waals surface area contributed by atoms with Gasteiger partial charge in [0.1, 0.15) is 18.0 Å². The number of likely N-dealkylation sites (tertiary alicyclic amines) is 1. The topological polar surface area (TPSA) is 117 Å². The Morgan fingerprint density at radius 1 is 1.11 bits per heavy atom. The zero-order valence-corrected chi connectivity index (χ0v) is 22.1. The summed E-state index contributed by atoms with van der Waals surface area (Å²) >= 11 is 0. The van der Waals surface area contributed by atoms with Crippen molar-refractivity contribution in [2.45, 2.75) is 109 Å². The van der Waals surface area contributed by atoms with E-state index in [1.807, 2.05) is 11.0 Å². The molecule has 2 aromatic rings. The normalized spacial score (nSPS) is 25.8. The molecule has 192 valence electrons. The van der Waals surface area contributed by atoms with E-state index in [4.69, 9.17) is 5.10 Å². The minimum absolute atomic E-state index is 0.0253. The number of hydrogen-bond acceptors (Lipinski definition) is 7. The Kier molecular flexibility index (Phi) is 6.54. The van der Waals surface area contributed by atoms with Crippen molar-refractivity contribution < 1.29 is 9.59 Å².